The minimum absolute atomic E-state index is 0.178. The van der Waals surface area contributed by atoms with Crippen molar-refractivity contribution in [2.24, 2.45) is 11.8 Å². The van der Waals surface area contributed by atoms with Crippen molar-refractivity contribution in [1.82, 2.24) is 29.6 Å². The maximum atomic E-state index is 13.4. The Bertz CT molecular complexity index is 2790. The number of hydrogen-bond acceptors (Lipinski definition) is 8. The van der Waals surface area contributed by atoms with Crippen LogP contribution in [0.4, 0.5) is 8.78 Å². The zero-order chi connectivity index (χ0) is 51.4. The Morgan fingerprint density at radius 2 is 0.944 bits per heavy atom. The summed E-state index contributed by atoms with van der Waals surface area (Å²) in [5, 5.41) is 35.1. The molecule has 14 nitrogen and oxygen atoms in total. The number of aliphatic hydroxyl groups is 2. The number of carbonyl (C=O) groups excluding carboxylic acids is 2. The van der Waals surface area contributed by atoms with Crippen LogP contribution in [0.2, 0.25) is 0 Å². The number of carboxylic acid groups (broad SMARTS) is 2. The number of aliphatic hydroxyl groups excluding tert-OH is 2. The molecule has 2 aliphatic heterocycles. The van der Waals surface area contributed by atoms with E-state index in [4.69, 9.17) is 20.4 Å². The van der Waals surface area contributed by atoms with E-state index in [1.807, 2.05) is 61.8 Å². The second-order valence-corrected chi connectivity index (χ2v) is 18.7. The largest absolute Gasteiger partial charge is 0.479 e. The molecule has 0 saturated heterocycles. The Labute approximate surface area is 416 Å². The van der Waals surface area contributed by atoms with Crippen molar-refractivity contribution in [2.75, 3.05) is 39.3 Å². The van der Waals surface area contributed by atoms with E-state index in [9.17, 15) is 28.0 Å². The molecule has 0 fully saturated rings. The number of amides is 2. The van der Waals surface area contributed by atoms with Gasteiger partial charge in [0, 0.05) is 98.6 Å². The van der Waals surface area contributed by atoms with Crippen LogP contribution in [-0.4, -0.2) is 137 Å². The molecule has 6 atom stereocenters. The first kappa shape index (κ1) is 51.4. The number of benzene rings is 4. The summed E-state index contributed by atoms with van der Waals surface area (Å²) >= 11 is 0. The maximum Gasteiger partial charge on any atom is 0.335 e. The fourth-order valence-corrected chi connectivity index (χ4v) is 10.8. The number of carboxylic acids is 2. The number of hydrogen-bond donors (Lipinski definition) is 6. The normalized spacial score (nSPS) is 19.8. The average Bonchev–Trinajstić information content (AvgIpc) is 4.01. The Morgan fingerprint density at radius 1 is 0.583 bits per heavy atom. The second kappa shape index (κ2) is 22.2. The molecule has 10 rings (SSSR count). The topological polar surface area (TPSA) is 194 Å². The first-order valence-electron chi connectivity index (χ1n) is 24.6. The molecule has 0 radical (unpaired) electrons. The number of aromatic amines is 2. The van der Waals surface area contributed by atoms with Crippen LogP contribution in [0.5, 0.6) is 0 Å². The number of carbonyl (C=O) groups is 4. The highest BCUT2D eigenvalue weighted by Gasteiger charge is 2.40. The predicted molar refractivity (Wildman–Crippen MR) is 271 cm³/mol. The molecule has 2 amide bonds. The maximum absolute atomic E-state index is 13.4. The van der Waals surface area contributed by atoms with Gasteiger partial charge in [0.25, 0.3) is 0 Å². The molecule has 4 aromatic carbocycles. The standard InChI is InChI=1S/2C26H28FN3O.C4H6O6/c2*1-3-29(4-2)26(31)19-12-22-21-6-5-7-23-25(21)18(14-28-23)13-24(22)30(16-19)15-17-8-10-20(27)11-9-17;5-1(3(7)8)2(6)4(9)10/h2*5-12,14,19,24,28H,3-4,13,15-16H2,1-2H3;1-2,5-6H,(H,7,8)(H,9,10)/t2*19-,24-;/m11./s1. The van der Waals surface area contributed by atoms with E-state index in [1.54, 1.807) is 0 Å². The zero-order valence-electron chi connectivity index (χ0n) is 40.9. The van der Waals surface area contributed by atoms with Crippen molar-refractivity contribution in [1.29, 1.82) is 0 Å². The third-order valence-corrected chi connectivity index (χ3v) is 14.4. The minimum atomic E-state index is -2.27. The third-order valence-electron chi connectivity index (χ3n) is 14.4. The molecule has 0 spiro atoms. The van der Waals surface area contributed by atoms with Crippen LogP contribution in [0.15, 0.2) is 109 Å². The predicted octanol–water partition coefficient (Wildman–Crippen LogP) is 7.11. The number of fused-ring (bicyclic) bond motifs is 4. The first-order valence-corrected chi connectivity index (χ1v) is 24.6. The quantitative estimate of drug-likeness (QED) is 0.0695. The number of nitrogens with one attached hydrogen (secondary N) is 2. The number of rotatable bonds is 13. The first-order chi connectivity index (χ1) is 34.6. The number of halogens is 2. The van der Waals surface area contributed by atoms with Gasteiger partial charge in [0.15, 0.2) is 12.2 Å². The van der Waals surface area contributed by atoms with Crippen LogP contribution in [0, 0.1) is 23.5 Å². The fourth-order valence-electron chi connectivity index (χ4n) is 10.8. The summed E-state index contributed by atoms with van der Waals surface area (Å²) in [7, 11) is 0. The van der Waals surface area contributed by atoms with E-state index >= 15 is 0 Å². The molecular formula is C56H62F2N6O8. The van der Waals surface area contributed by atoms with Crippen molar-refractivity contribution in [3.63, 3.8) is 0 Å². The summed E-state index contributed by atoms with van der Waals surface area (Å²) in [5.74, 6) is -3.97. The van der Waals surface area contributed by atoms with Crippen LogP contribution in [0.1, 0.15) is 61.1 Å². The molecule has 16 heteroatoms. The molecule has 4 aliphatic rings. The summed E-state index contributed by atoms with van der Waals surface area (Å²) in [6, 6.07) is 26.6. The smallest absolute Gasteiger partial charge is 0.335 e. The van der Waals surface area contributed by atoms with Gasteiger partial charge in [0.1, 0.15) is 11.6 Å². The van der Waals surface area contributed by atoms with E-state index in [0.717, 1.165) is 35.0 Å². The lowest BCUT2D eigenvalue weighted by molar-refractivity contribution is -0.165. The van der Waals surface area contributed by atoms with Gasteiger partial charge in [0.2, 0.25) is 11.8 Å². The molecular weight excluding hydrogens is 923 g/mol. The van der Waals surface area contributed by atoms with Gasteiger partial charge in [-0.3, -0.25) is 19.4 Å². The molecule has 2 aromatic heterocycles. The Kier molecular flexibility index (Phi) is 15.8. The van der Waals surface area contributed by atoms with Crippen LogP contribution >= 0.6 is 0 Å². The van der Waals surface area contributed by atoms with E-state index in [2.05, 4.69) is 80.7 Å². The minimum Gasteiger partial charge on any atom is -0.479 e. The molecule has 6 aromatic rings. The molecule has 0 saturated carbocycles. The summed E-state index contributed by atoms with van der Waals surface area (Å²) in [6.45, 7) is 13.7. The molecule has 0 bridgehead atoms. The van der Waals surface area contributed by atoms with Gasteiger partial charge in [-0.2, -0.15) is 0 Å². The van der Waals surface area contributed by atoms with Crippen molar-refractivity contribution in [3.05, 3.63) is 154 Å². The highest BCUT2D eigenvalue weighted by Crippen LogP contribution is 2.44. The van der Waals surface area contributed by atoms with Gasteiger partial charge >= 0.3 is 11.9 Å². The third kappa shape index (κ3) is 10.6. The Balaban J connectivity index is 0.000000163. The SMILES string of the molecule is CCN(CC)C(=O)[C@@H]1C=C2c3cccc4[nH]cc(c34)C[C@H]2N(Cc2ccc(F)cc2)C1.CCN(CC)C(=O)[C@@H]1C=C2c3cccc4[nH]cc(c34)C[C@H]2N(Cc2ccc(F)cc2)C1.O=C(O)C(O)C(O)C(=O)O. The van der Waals surface area contributed by atoms with Gasteiger partial charge in [-0.25, -0.2) is 18.4 Å². The summed E-state index contributed by atoms with van der Waals surface area (Å²) < 4.78 is 26.9. The number of nitrogens with zero attached hydrogens (tertiary/aromatic N) is 4. The Hall–Kier alpha value is -6.98. The lowest BCUT2D eigenvalue weighted by Gasteiger charge is -2.42. The molecule has 6 N–H and O–H groups in total. The molecule has 378 valence electrons. The van der Waals surface area contributed by atoms with Crippen LogP contribution in [0.25, 0.3) is 33.0 Å². The van der Waals surface area contributed by atoms with Gasteiger partial charge < -0.3 is 40.2 Å². The van der Waals surface area contributed by atoms with Crippen LogP contribution in [0.3, 0.4) is 0 Å². The summed E-state index contributed by atoms with van der Waals surface area (Å²) in [4.78, 5) is 61.6. The number of aliphatic carboxylic acids is 2. The monoisotopic (exact) mass is 984 g/mol. The van der Waals surface area contributed by atoms with Gasteiger partial charge in [-0.15, -0.1) is 0 Å². The van der Waals surface area contributed by atoms with Gasteiger partial charge in [-0.1, -0.05) is 60.7 Å². The highest BCUT2D eigenvalue weighted by atomic mass is 19.1. The molecule has 72 heavy (non-hydrogen) atoms. The van der Waals surface area contributed by atoms with Crippen LogP contribution < -0.4 is 0 Å². The lowest BCUT2D eigenvalue weighted by Crippen LogP contribution is -2.48. The molecule has 2 aliphatic carbocycles. The zero-order valence-corrected chi connectivity index (χ0v) is 40.9. The summed E-state index contributed by atoms with van der Waals surface area (Å²) in [6.07, 6.45) is 5.97. The molecule has 4 heterocycles. The average molecular weight is 985 g/mol. The number of H-pyrrole nitrogens is 2. The Morgan fingerprint density at radius 3 is 1.28 bits per heavy atom. The van der Waals surface area contributed by atoms with E-state index in [1.165, 1.54) is 68.4 Å². The van der Waals surface area contributed by atoms with E-state index in [-0.39, 0.29) is 47.4 Å². The molecule has 2 unspecified atom stereocenters. The van der Waals surface area contributed by atoms with Crippen molar-refractivity contribution >= 4 is 56.7 Å². The van der Waals surface area contributed by atoms with Crippen molar-refractivity contribution < 1.29 is 48.4 Å². The fraction of sp³-hybridized carbons (Fsp3) is 0.357. The van der Waals surface area contributed by atoms with E-state index in [0.29, 0.717) is 52.4 Å². The number of aromatic nitrogens is 2. The van der Waals surface area contributed by atoms with Crippen molar-refractivity contribution in [3.8, 4) is 0 Å². The van der Waals surface area contributed by atoms with Crippen LogP contribution in [-0.2, 0) is 45.1 Å². The summed E-state index contributed by atoms with van der Waals surface area (Å²) in [5.41, 5.74) is 12.0. The second-order valence-electron chi connectivity index (χ2n) is 18.7. The van der Waals surface area contributed by atoms with Crippen molar-refractivity contribution in [2.45, 2.75) is 77.9 Å². The highest BCUT2D eigenvalue weighted by molar-refractivity contribution is 6.00. The van der Waals surface area contributed by atoms with Gasteiger partial charge in [-0.05, 0) is 121 Å². The van der Waals surface area contributed by atoms with Gasteiger partial charge in [0.05, 0.1) is 11.8 Å². The lowest BCUT2D eigenvalue weighted by atomic mass is 9.79. The van der Waals surface area contributed by atoms with E-state index < -0.39 is 24.1 Å².